The Hall–Kier alpha value is -2.87. The normalized spacial score (nSPS) is 15.1. The number of ether oxygens (including phenoxy) is 1. The molecule has 2 aromatic rings. The fraction of sp³-hybridized carbons (Fsp3) is 0.462. The van der Waals surface area contributed by atoms with Crippen molar-refractivity contribution in [2.24, 2.45) is 5.92 Å². The molecule has 1 amide bonds. The van der Waals surface area contributed by atoms with E-state index in [9.17, 15) is 18.0 Å². The van der Waals surface area contributed by atoms with Crippen LogP contribution in [-0.2, 0) is 25.0 Å². The van der Waals surface area contributed by atoms with E-state index in [2.05, 4.69) is 4.72 Å². The van der Waals surface area contributed by atoms with Crippen LogP contribution in [0.5, 0.6) is 0 Å². The molecule has 0 aliphatic carbocycles. The van der Waals surface area contributed by atoms with E-state index in [1.807, 2.05) is 32.9 Å². The third-order valence-corrected chi connectivity index (χ3v) is 7.63. The summed E-state index contributed by atoms with van der Waals surface area (Å²) in [5.74, 6) is -0.583. The summed E-state index contributed by atoms with van der Waals surface area (Å²) in [5.41, 5.74) is 2.11. The number of hydrogen-bond donors (Lipinski definition) is 1. The molecule has 1 N–H and O–H groups in total. The van der Waals surface area contributed by atoms with Gasteiger partial charge in [0.1, 0.15) is 0 Å². The molecule has 1 heterocycles. The molecule has 1 fully saturated rings. The number of benzene rings is 2. The maximum Gasteiger partial charge on any atom is 0.309 e. The molecule has 0 saturated carbocycles. The number of nitrogens with one attached hydrogen (secondary N) is 1. The Bertz CT molecular complexity index is 1160. The molecular formula is C26H34N2O5S. The molecule has 0 radical (unpaired) electrons. The average Bonchev–Trinajstić information content (AvgIpc) is 2.78. The van der Waals surface area contributed by atoms with Crippen molar-refractivity contribution in [3.05, 3.63) is 59.2 Å². The van der Waals surface area contributed by atoms with Crippen molar-refractivity contribution >= 4 is 27.6 Å². The fourth-order valence-electron chi connectivity index (χ4n) is 4.04. The van der Waals surface area contributed by atoms with Gasteiger partial charge in [0.05, 0.1) is 17.4 Å². The second kappa shape index (κ2) is 10.2. The van der Waals surface area contributed by atoms with Crippen molar-refractivity contribution in [3.63, 3.8) is 0 Å². The van der Waals surface area contributed by atoms with Crippen LogP contribution < -0.4 is 4.72 Å². The zero-order valence-corrected chi connectivity index (χ0v) is 21.4. The third-order valence-electron chi connectivity index (χ3n) is 6.11. The number of nitrogens with zero attached hydrogens (tertiary/aromatic N) is 1. The Labute approximate surface area is 202 Å². The lowest BCUT2D eigenvalue weighted by Gasteiger charge is -2.31. The van der Waals surface area contributed by atoms with Crippen LogP contribution in [0, 0.1) is 12.8 Å². The molecular weight excluding hydrogens is 452 g/mol. The quantitative estimate of drug-likeness (QED) is 0.607. The van der Waals surface area contributed by atoms with Crippen molar-refractivity contribution < 1.29 is 22.7 Å². The minimum Gasteiger partial charge on any atom is -0.466 e. The first-order valence-electron chi connectivity index (χ1n) is 11.6. The Morgan fingerprint density at radius 2 is 1.76 bits per heavy atom. The van der Waals surface area contributed by atoms with Crippen LogP contribution in [0.4, 0.5) is 5.69 Å². The van der Waals surface area contributed by atoms with E-state index >= 15 is 0 Å². The summed E-state index contributed by atoms with van der Waals surface area (Å²) >= 11 is 0. The van der Waals surface area contributed by atoms with Crippen LogP contribution in [-0.4, -0.2) is 44.9 Å². The van der Waals surface area contributed by atoms with Gasteiger partial charge in [-0.25, -0.2) is 8.42 Å². The first kappa shape index (κ1) is 25.7. The molecule has 1 saturated heterocycles. The van der Waals surface area contributed by atoms with Gasteiger partial charge < -0.3 is 9.64 Å². The molecule has 1 aliphatic rings. The second-order valence-electron chi connectivity index (χ2n) is 9.74. The number of hydrogen-bond acceptors (Lipinski definition) is 5. The summed E-state index contributed by atoms with van der Waals surface area (Å²) in [5, 5.41) is 0. The molecule has 0 bridgehead atoms. The molecule has 0 spiro atoms. The Morgan fingerprint density at radius 1 is 1.09 bits per heavy atom. The number of carbonyl (C=O) groups is 2. The number of piperidine rings is 1. The molecule has 0 atom stereocenters. The van der Waals surface area contributed by atoms with Gasteiger partial charge in [-0.2, -0.15) is 0 Å². The van der Waals surface area contributed by atoms with Gasteiger partial charge in [0.2, 0.25) is 0 Å². The molecule has 34 heavy (non-hydrogen) atoms. The smallest absolute Gasteiger partial charge is 0.309 e. The minimum atomic E-state index is -3.84. The predicted octanol–water partition coefficient (Wildman–Crippen LogP) is 4.51. The highest BCUT2D eigenvalue weighted by molar-refractivity contribution is 7.92. The number of sulfonamides is 1. The molecule has 184 valence electrons. The van der Waals surface area contributed by atoms with Crippen molar-refractivity contribution in [3.8, 4) is 0 Å². The molecule has 0 aromatic heterocycles. The van der Waals surface area contributed by atoms with Gasteiger partial charge in [0, 0.05) is 24.3 Å². The van der Waals surface area contributed by atoms with E-state index in [0.717, 1.165) is 5.56 Å². The van der Waals surface area contributed by atoms with Crippen LogP contribution in [0.1, 0.15) is 62.0 Å². The first-order valence-corrected chi connectivity index (χ1v) is 13.1. The summed E-state index contributed by atoms with van der Waals surface area (Å²) in [7, 11) is -3.84. The molecule has 3 rings (SSSR count). The van der Waals surface area contributed by atoms with Crippen molar-refractivity contribution in [2.45, 2.75) is 57.8 Å². The van der Waals surface area contributed by atoms with Crippen LogP contribution in [0.25, 0.3) is 0 Å². The maximum atomic E-state index is 13.2. The largest absolute Gasteiger partial charge is 0.466 e. The van der Waals surface area contributed by atoms with E-state index in [1.54, 1.807) is 49.1 Å². The van der Waals surface area contributed by atoms with E-state index in [1.165, 1.54) is 0 Å². The standard InChI is InChI=1S/C26H34N2O5S/c1-6-33-25(30)19-12-14-28(15-13-19)24(29)20-8-7-9-22(16-20)27-34(31,32)23-17-21(26(3,4)5)11-10-18(23)2/h7-11,16-17,19,27H,6,12-15H2,1-5H3. The first-order chi connectivity index (χ1) is 15.9. The third kappa shape index (κ3) is 5.97. The molecule has 2 aromatic carbocycles. The minimum absolute atomic E-state index is 0.186. The topological polar surface area (TPSA) is 92.8 Å². The van der Waals surface area contributed by atoms with Gasteiger partial charge in [-0.3, -0.25) is 14.3 Å². The summed E-state index contributed by atoms with van der Waals surface area (Å²) in [6.07, 6.45) is 1.11. The molecule has 7 nitrogen and oxygen atoms in total. The highest BCUT2D eigenvalue weighted by atomic mass is 32.2. The molecule has 0 unspecified atom stereocenters. The van der Waals surface area contributed by atoms with E-state index in [4.69, 9.17) is 4.74 Å². The van der Waals surface area contributed by atoms with Crippen molar-refractivity contribution in [1.82, 2.24) is 4.90 Å². The van der Waals surface area contributed by atoms with Gasteiger partial charge in [-0.05, 0) is 67.5 Å². The summed E-state index contributed by atoms with van der Waals surface area (Å²) < 4.78 is 34.1. The predicted molar refractivity (Wildman–Crippen MR) is 132 cm³/mol. The number of esters is 1. The van der Waals surface area contributed by atoms with Gasteiger partial charge >= 0.3 is 5.97 Å². The van der Waals surface area contributed by atoms with Gasteiger partial charge in [0.25, 0.3) is 15.9 Å². The van der Waals surface area contributed by atoms with Crippen LogP contribution in [0.15, 0.2) is 47.4 Å². The zero-order valence-electron chi connectivity index (χ0n) is 20.6. The number of aryl methyl sites for hydroxylation is 1. The lowest BCUT2D eigenvalue weighted by molar-refractivity contribution is -0.149. The van der Waals surface area contributed by atoms with Crippen molar-refractivity contribution in [2.75, 3.05) is 24.4 Å². The summed E-state index contributed by atoms with van der Waals surface area (Å²) in [6.45, 7) is 10.9. The molecule has 8 heteroatoms. The lowest BCUT2D eigenvalue weighted by Crippen LogP contribution is -2.40. The molecule has 1 aliphatic heterocycles. The summed E-state index contributed by atoms with van der Waals surface area (Å²) in [6, 6.07) is 12.0. The maximum absolute atomic E-state index is 13.2. The Morgan fingerprint density at radius 3 is 2.38 bits per heavy atom. The SMILES string of the molecule is CCOC(=O)C1CCN(C(=O)c2cccc(NS(=O)(=O)c3cc(C(C)(C)C)ccc3C)c2)CC1. The van der Waals surface area contributed by atoms with Crippen LogP contribution >= 0.6 is 0 Å². The lowest BCUT2D eigenvalue weighted by atomic mass is 9.87. The highest BCUT2D eigenvalue weighted by Gasteiger charge is 2.29. The fourth-order valence-corrected chi connectivity index (χ4v) is 5.36. The van der Waals surface area contributed by atoms with Crippen molar-refractivity contribution in [1.29, 1.82) is 0 Å². The monoisotopic (exact) mass is 486 g/mol. The van der Waals surface area contributed by atoms with E-state index in [-0.39, 0.29) is 28.1 Å². The Kier molecular flexibility index (Phi) is 7.70. The van der Waals surface area contributed by atoms with E-state index in [0.29, 0.717) is 49.4 Å². The summed E-state index contributed by atoms with van der Waals surface area (Å²) in [4.78, 5) is 26.9. The zero-order chi connectivity index (χ0) is 25.1. The number of amides is 1. The number of carbonyl (C=O) groups excluding carboxylic acids is 2. The van der Waals surface area contributed by atoms with E-state index < -0.39 is 10.0 Å². The number of rotatable bonds is 6. The average molecular weight is 487 g/mol. The van der Waals surface area contributed by atoms with Gasteiger partial charge in [-0.15, -0.1) is 0 Å². The van der Waals surface area contributed by atoms with Crippen LogP contribution in [0.3, 0.4) is 0 Å². The van der Waals surface area contributed by atoms with Gasteiger partial charge in [0.15, 0.2) is 0 Å². The van der Waals surface area contributed by atoms with Gasteiger partial charge in [-0.1, -0.05) is 39.0 Å². The van der Waals surface area contributed by atoms with Crippen LogP contribution in [0.2, 0.25) is 0 Å². The second-order valence-corrected chi connectivity index (χ2v) is 11.4. The number of anilines is 1. The Balaban J connectivity index is 1.75. The highest BCUT2D eigenvalue weighted by Crippen LogP contribution is 2.28. The number of likely N-dealkylation sites (tertiary alicyclic amines) is 1.